The molecule has 64 heavy (non-hydrogen) atoms. The molecule has 0 spiro atoms. The highest BCUT2D eigenvalue weighted by atomic mass is 16.3. The molecule has 298 valence electrons. The maximum Gasteiger partial charge on any atom is 0.135 e. The summed E-state index contributed by atoms with van der Waals surface area (Å²) in [7, 11) is 0. The van der Waals surface area contributed by atoms with E-state index in [1.807, 2.05) is 12.1 Å². The van der Waals surface area contributed by atoms with Gasteiger partial charge >= 0.3 is 0 Å². The highest BCUT2D eigenvalue weighted by Crippen LogP contribution is 2.41. The summed E-state index contributed by atoms with van der Waals surface area (Å²) in [6.07, 6.45) is 0. The van der Waals surface area contributed by atoms with Crippen LogP contribution in [0, 0.1) is 0 Å². The first kappa shape index (κ1) is 35.0. The molecule has 10 aromatic carbocycles. The summed E-state index contributed by atoms with van der Waals surface area (Å²) in [6, 6.07) is 81.6. The first-order valence-electron chi connectivity index (χ1n) is 21.9. The second kappa shape index (κ2) is 13.4. The number of aromatic nitrogens is 3. The van der Waals surface area contributed by atoms with Crippen molar-refractivity contribution < 1.29 is 4.42 Å². The van der Waals surface area contributed by atoms with Crippen LogP contribution in [-0.2, 0) is 0 Å². The van der Waals surface area contributed by atoms with Gasteiger partial charge in [-0.05, 0) is 125 Å². The number of nitrogens with zero attached hydrogens (tertiary/aromatic N) is 3. The molecule has 4 aromatic heterocycles. The van der Waals surface area contributed by atoms with Crippen molar-refractivity contribution in [1.29, 1.82) is 0 Å². The number of hydrogen-bond acceptors (Lipinski definition) is 1. The van der Waals surface area contributed by atoms with Crippen molar-refractivity contribution in [3.05, 3.63) is 224 Å². The van der Waals surface area contributed by atoms with E-state index < -0.39 is 0 Å². The molecule has 14 aromatic rings. The van der Waals surface area contributed by atoms with Gasteiger partial charge in [0, 0.05) is 60.2 Å². The van der Waals surface area contributed by atoms with E-state index in [4.69, 9.17) is 4.42 Å². The Balaban J connectivity index is 0.895. The Hall–Kier alpha value is -8.60. The predicted molar refractivity (Wildman–Crippen MR) is 268 cm³/mol. The van der Waals surface area contributed by atoms with Gasteiger partial charge in [0.1, 0.15) is 11.2 Å². The maximum absolute atomic E-state index is 6.16. The van der Waals surface area contributed by atoms with Crippen LogP contribution < -0.4 is 0 Å². The third-order valence-corrected chi connectivity index (χ3v) is 13.4. The standard InChI is InChI=1S/C60H37N3O/c1-2-13-42(14-3-1)61-53-21-8-4-17-45(53)49-33-38(25-29-56(49)61)39-26-30-57-50(34-39)46-18-5-9-22-54(46)62(57)43-15-12-16-44(37-43)63-55-23-10-6-19-47(55)51-35-40(27-31-58(51)63)41-28-32-60-52(36-41)48-20-7-11-24-59(48)64-60/h1-37H. The Morgan fingerprint density at radius 2 is 0.578 bits per heavy atom. The molecule has 0 unspecified atom stereocenters. The Labute approximate surface area is 367 Å². The van der Waals surface area contributed by atoms with Gasteiger partial charge in [-0.2, -0.15) is 0 Å². The van der Waals surface area contributed by atoms with Crippen LogP contribution in [0.15, 0.2) is 229 Å². The van der Waals surface area contributed by atoms with Crippen LogP contribution in [0.1, 0.15) is 0 Å². The lowest BCUT2D eigenvalue weighted by Gasteiger charge is -2.13. The van der Waals surface area contributed by atoms with Crippen LogP contribution in [0.2, 0.25) is 0 Å². The topological polar surface area (TPSA) is 27.9 Å². The number of hydrogen-bond donors (Lipinski definition) is 0. The number of rotatable bonds is 5. The SMILES string of the molecule is c1ccc(-n2c3ccccc3c3cc(-c4ccc5c(c4)c4ccccc4n5-c4cccc(-n5c6ccccc6c6cc(-c7ccc8oc9ccccc9c8c7)ccc65)c4)ccc32)cc1. The zero-order valence-electron chi connectivity index (χ0n) is 34.6. The normalized spacial score (nSPS) is 12.1. The molecule has 0 atom stereocenters. The van der Waals surface area contributed by atoms with Crippen LogP contribution in [0.3, 0.4) is 0 Å². The van der Waals surface area contributed by atoms with Crippen LogP contribution in [0.25, 0.3) is 127 Å². The molecule has 0 fully saturated rings. The number of fused-ring (bicyclic) bond motifs is 12. The molecular formula is C60H37N3O. The van der Waals surface area contributed by atoms with Gasteiger partial charge in [-0.1, -0.05) is 121 Å². The van der Waals surface area contributed by atoms with Crippen LogP contribution in [0.4, 0.5) is 0 Å². The molecule has 0 aliphatic carbocycles. The monoisotopic (exact) mass is 815 g/mol. The highest BCUT2D eigenvalue weighted by Gasteiger charge is 2.19. The average Bonchev–Trinajstić information content (AvgIpc) is 4.10. The second-order valence-corrected chi connectivity index (χ2v) is 16.9. The van der Waals surface area contributed by atoms with Crippen molar-refractivity contribution in [3.63, 3.8) is 0 Å². The van der Waals surface area contributed by atoms with Crippen molar-refractivity contribution in [1.82, 2.24) is 13.7 Å². The Bertz CT molecular complexity index is 4200. The van der Waals surface area contributed by atoms with Gasteiger partial charge < -0.3 is 18.1 Å². The predicted octanol–water partition coefficient (Wildman–Crippen LogP) is 16.2. The average molecular weight is 816 g/mol. The van der Waals surface area contributed by atoms with E-state index in [2.05, 4.69) is 226 Å². The van der Waals surface area contributed by atoms with E-state index in [-0.39, 0.29) is 0 Å². The summed E-state index contributed by atoms with van der Waals surface area (Å²) in [5.74, 6) is 0. The minimum atomic E-state index is 0.910. The Morgan fingerprint density at radius 1 is 0.219 bits per heavy atom. The molecule has 0 bridgehead atoms. The summed E-state index contributed by atoms with van der Waals surface area (Å²) >= 11 is 0. The van der Waals surface area contributed by atoms with E-state index in [0.717, 1.165) is 33.3 Å². The smallest absolute Gasteiger partial charge is 0.135 e. The quantitative estimate of drug-likeness (QED) is 0.170. The largest absolute Gasteiger partial charge is 0.456 e. The molecule has 4 heteroatoms. The first-order chi connectivity index (χ1) is 31.7. The lowest BCUT2D eigenvalue weighted by Crippen LogP contribution is -1.98. The zero-order chi connectivity index (χ0) is 41.9. The lowest BCUT2D eigenvalue weighted by atomic mass is 10.0. The van der Waals surface area contributed by atoms with Gasteiger partial charge in [-0.25, -0.2) is 0 Å². The molecule has 0 aliphatic rings. The Kier molecular flexibility index (Phi) is 7.36. The van der Waals surface area contributed by atoms with Crippen LogP contribution in [0.5, 0.6) is 0 Å². The summed E-state index contributed by atoms with van der Waals surface area (Å²) < 4.78 is 13.4. The minimum absolute atomic E-state index is 0.910. The van der Waals surface area contributed by atoms with E-state index in [1.54, 1.807) is 0 Å². The van der Waals surface area contributed by atoms with Crippen molar-refractivity contribution in [2.75, 3.05) is 0 Å². The summed E-state index contributed by atoms with van der Waals surface area (Å²) in [5.41, 5.74) is 17.1. The third-order valence-electron chi connectivity index (χ3n) is 13.4. The van der Waals surface area contributed by atoms with Crippen LogP contribution in [-0.4, -0.2) is 13.7 Å². The van der Waals surface area contributed by atoms with Crippen molar-refractivity contribution in [2.45, 2.75) is 0 Å². The van der Waals surface area contributed by atoms with Gasteiger partial charge in [-0.3, -0.25) is 0 Å². The number of benzene rings is 10. The van der Waals surface area contributed by atoms with Gasteiger partial charge in [0.2, 0.25) is 0 Å². The Morgan fingerprint density at radius 3 is 1.09 bits per heavy atom. The van der Waals surface area contributed by atoms with E-state index in [0.29, 0.717) is 0 Å². The van der Waals surface area contributed by atoms with Gasteiger partial charge in [0.05, 0.1) is 33.1 Å². The second-order valence-electron chi connectivity index (χ2n) is 16.9. The van der Waals surface area contributed by atoms with Gasteiger partial charge in [-0.15, -0.1) is 0 Å². The summed E-state index contributed by atoms with van der Waals surface area (Å²) in [6.45, 7) is 0. The molecule has 0 saturated heterocycles. The van der Waals surface area contributed by atoms with Crippen molar-refractivity contribution >= 4 is 87.4 Å². The molecule has 0 N–H and O–H groups in total. The molecule has 0 radical (unpaired) electrons. The highest BCUT2D eigenvalue weighted by molar-refractivity contribution is 6.14. The fourth-order valence-electron chi connectivity index (χ4n) is 10.5. The molecule has 4 heterocycles. The lowest BCUT2D eigenvalue weighted by molar-refractivity contribution is 0.669. The fraction of sp³-hybridized carbons (Fsp3) is 0. The molecule has 0 amide bonds. The van der Waals surface area contributed by atoms with Crippen LogP contribution >= 0.6 is 0 Å². The number of furan rings is 1. The van der Waals surface area contributed by atoms with E-state index in [1.165, 1.54) is 93.4 Å². The molecule has 0 saturated carbocycles. The summed E-state index contributed by atoms with van der Waals surface area (Å²) in [5, 5.41) is 9.71. The van der Waals surface area contributed by atoms with Crippen molar-refractivity contribution in [3.8, 4) is 39.3 Å². The first-order valence-corrected chi connectivity index (χ1v) is 21.9. The number of para-hydroxylation sites is 5. The molecule has 14 rings (SSSR count). The van der Waals surface area contributed by atoms with E-state index >= 15 is 0 Å². The zero-order valence-corrected chi connectivity index (χ0v) is 34.6. The van der Waals surface area contributed by atoms with Gasteiger partial charge in [0.25, 0.3) is 0 Å². The van der Waals surface area contributed by atoms with Crippen molar-refractivity contribution in [2.24, 2.45) is 0 Å². The molecule has 4 nitrogen and oxygen atoms in total. The van der Waals surface area contributed by atoms with E-state index in [9.17, 15) is 0 Å². The maximum atomic E-state index is 6.16. The summed E-state index contributed by atoms with van der Waals surface area (Å²) in [4.78, 5) is 0. The third kappa shape index (κ3) is 5.11. The molecular weight excluding hydrogens is 779 g/mol. The minimum Gasteiger partial charge on any atom is -0.456 e. The molecule has 0 aliphatic heterocycles. The fourth-order valence-corrected chi connectivity index (χ4v) is 10.5. The van der Waals surface area contributed by atoms with Gasteiger partial charge in [0.15, 0.2) is 0 Å².